The number of aromatic nitrogens is 3. The smallest absolute Gasteiger partial charge is 0.234 e. The second-order valence-electron chi connectivity index (χ2n) is 6.81. The van der Waals surface area contributed by atoms with E-state index in [4.69, 9.17) is 4.42 Å². The number of benzene rings is 2. The SMILES string of the molecule is Cc1ccc(NC(=O)CSc2nnc(-c3cc4cc(Br)ccc4o3)n2C)c(C)c1. The van der Waals surface area contributed by atoms with Gasteiger partial charge in [-0.25, -0.2) is 0 Å². The Balaban J connectivity index is 1.46. The van der Waals surface area contributed by atoms with Crippen molar-refractivity contribution in [2.75, 3.05) is 11.1 Å². The van der Waals surface area contributed by atoms with Crippen LogP contribution in [0.3, 0.4) is 0 Å². The van der Waals surface area contributed by atoms with Gasteiger partial charge >= 0.3 is 0 Å². The van der Waals surface area contributed by atoms with Crippen molar-refractivity contribution in [2.24, 2.45) is 7.05 Å². The van der Waals surface area contributed by atoms with Crippen molar-refractivity contribution in [3.63, 3.8) is 0 Å². The van der Waals surface area contributed by atoms with Gasteiger partial charge < -0.3 is 14.3 Å². The number of rotatable bonds is 5. The highest BCUT2D eigenvalue weighted by atomic mass is 79.9. The second kappa shape index (κ2) is 8.04. The predicted octanol–water partition coefficient (Wildman–Crippen LogP) is 5.34. The fraction of sp³-hybridized carbons (Fsp3) is 0.190. The average Bonchev–Trinajstić information content (AvgIpc) is 3.25. The first-order valence-electron chi connectivity index (χ1n) is 8.99. The predicted molar refractivity (Wildman–Crippen MR) is 119 cm³/mol. The van der Waals surface area contributed by atoms with Crippen molar-refractivity contribution in [1.82, 2.24) is 14.8 Å². The first-order chi connectivity index (χ1) is 13.9. The molecule has 1 amide bonds. The number of aryl methyl sites for hydroxylation is 2. The van der Waals surface area contributed by atoms with Crippen LogP contribution >= 0.6 is 27.7 Å². The summed E-state index contributed by atoms with van der Waals surface area (Å²) in [6.07, 6.45) is 0. The van der Waals surface area contributed by atoms with E-state index < -0.39 is 0 Å². The fourth-order valence-electron chi connectivity index (χ4n) is 3.05. The molecule has 0 aliphatic rings. The van der Waals surface area contributed by atoms with Crippen LogP contribution in [0.1, 0.15) is 11.1 Å². The maximum Gasteiger partial charge on any atom is 0.234 e. The first-order valence-corrected chi connectivity index (χ1v) is 10.8. The van der Waals surface area contributed by atoms with E-state index in [1.807, 2.05) is 67.9 Å². The number of hydrogen-bond donors (Lipinski definition) is 1. The van der Waals surface area contributed by atoms with E-state index in [1.54, 1.807) is 0 Å². The van der Waals surface area contributed by atoms with Crippen LogP contribution in [0.4, 0.5) is 5.69 Å². The van der Waals surface area contributed by atoms with Gasteiger partial charge in [0.1, 0.15) is 5.58 Å². The molecule has 4 rings (SSSR count). The highest BCUT2D eigenvalue weighted by molar-refractivity contribution is 9.10. The number of nitrogens with zero attached hydrogens (tertiary/aromatic N) is 3. The topological polar surface area (TPSA) is 73.0 Å². The van der Waals surface area contributed by atoms with Crippen LogP contribution in [0.5, 0.6) is 0 Å². The van der Waals surface area contributed by atoms with Gasteiger partial charge in [0.2, 0.25) is 5.91 Å². The number of amides is 1. The average molecular weight is 471 g/mol. The van der Waals surface area contributed by atoms with Crippen molar-refractivity contribution in [3.8, 4) is 11.6 Å². The van der Waals surface area contributed by atoms with Crippen LogP contribution in [0.15, 0.2) is 56.5 Å². The lowest BCUT2D eigenvalue weighted by Gasteiger charge is -2.09. The quantitative estimate of drug-likeness (QED) is 0.398. The summed E-state index contributed by atoms with van der Waals surface area (Å²) in [6, 6.07) is 13.7. The molecule has 0 unspecified atom stereocenters. The normalized spacial score (nSPS) is 11.2. The third-order valence-corrected chi connectivity index (χ3v) is 6.04. The number of carbonyl (C=O) groups is 1. The minimum Gasteiger partial charge on any atom is -0.453 e. The molecule has 0 spiro atoms. The molecule has 4 aromatic rings. The Morgan fingerprint density at radius 1 is 1.17 bits per heavy atom. The summed E-state index contributed by atoms with van der Waals surface area (Å²) in [5.41, 5.74) is 3.82. The zero-order valence-corrected chi connectivity index (χ0v) is 18.6. The Morgan fingerprint density at radius 2 is 2.00 bits per heavy atom. The number of nitrogens with one attached hydrogen (secondary N) is 1. The fourth-order valence-corrected chi connectivity index (χ4v) is 4.14. The van der Waals surface area contributed by atoms with Gasteiger partial charge in [0.15, 0.2) is 16.7 Å². The van der Waals surface area contributed by atoms with Crippen molar-refractivity contribution >= 4 is 50.3 Å². The number of anilines is 1. The number of halogens is 1. The molecule has 2 heterocycles. The summed E-state index contributed by atoms with van der Waals surface area (Å²) in [6.45, 7) is 4.01. The van der Waals surface area contributed by atoms with Crippen LogP contribution < -0.4 is 5.32 Å². The monoisotopic (exact) mass is 470 g/mol. The van der Waals surface area contributed by atoms with E-state index in [1.165, 1.54) is 17.3 Å². The van der Waals surface area contributed by atoms with Gasteiger partial charge in [0.05, 0.1) is 5.75 Å². The molecule has 6 nitrogen and oxygen atoms in total. The van der Waals surface area contributed by atoms with E-state index in [9.17, 15) is 4.79 Å². The Bertz CT molecular complexity index is 1210. The molecular weight excluding hydrogens is 452 g/mol. The number of thioether (sulfide) groups is 1. The van der Waals surface area contributed by atoms with E-state index in [0.717, 1.165) is 26.7 Å². The van der Waals surface area contributed by atoms with Gasteiger partial charge in [-0.15, -0.1) is 10.2 Å². The molecule has 0 radical (unpaired) electrons. The molecule has 0 bridgehead atoms. The maximum atomic E-state index is 12.3. The Labute approximate surface area is 180 Å². The summed E-state index contributed by atoms with van der Waals surface area (Å²) in [7, 11) is 1.86. The van der Waals surface area contributed by atoms with Gasteiger partial charge in [0, 0.05) is 22.6 Å². The number of fused-ring (bicyclic) bond motifs is 1. The molecule has 8 heteroatoms. The third kappa shape index (κ3) is 4.23. The highest BCUT2D eigenvalue weighted by Gasteiger charge is 2.17. The lowest BCUT2D eigenvalue weighted by atomic mass is 10.1. The van der Waals surface area contributed by atoms with Gasteiger partial charge in [-0.3, -0.25) is 4.79 Å². The van der Waals surface area contributed by atoms with Gasteiger partial charge in [0.25, 0.3) is 0 Å². The summed E-state index contributed by atoms with van der Waals surface area (Å²) < 4.78 is 8.72. The maximum absolute atomic E-state index is 12.3. The zero-order valence-electron chi connectivity index (χ0n) is 16.2. The van der Waals surface area contributed by atoms with Crippen LogP contribution in [0.2, 0.25) is 0 Å². The second-order valence-corrected chi connectivity index (χ2v) is 8.67. The Hall–Kier alpha value is -2.58. The lowest BCUT2D eigenvalue weighted by Crippen LogP contribution is -2.15. The standard InChI is InChI=1S/C21H19BrN4O2S/c1-12-4-6-16(13(2)8-12)23-19(27)11-29-21-25-24-20(26(21)3)18-10-14-9-15(22)5-7-17(14)28-18/h4-10H,11H2,1-3H3,(H,23,27). The van der Waals surface area contributed by atoms with Crippen molar-refractivity contribution < 1.29 is 9.21 Å². The van der Waals surface area contributed by atoms with Gasteiger partial charge in [-0.1, -0.05) is 45.4 Å². The summed E-state index contributed by atoms with van der Waals surface area (Å²) in [5.74, 6) is 1.42. The van der Waals surface area contributed by atoms with E-state index in [0.29, 0.717) is 16.7 Å². The lowest BCUT2D eigenvalue weighted by molar-refractivity contribution is -0.113. The van der Waals surface area contributed by atoms with E-state index >= 15 is 0 Å². The van der Waals surface area contributed by atoms with Crippen LogP contribution in [-0.2, 0) is 11.8 Å². The van der Waals surface area contributed by atoms with E-state index in [2.05, 4.69) is 31.4 Å². The molecule has 0 fully saturated rings. The molecule has 1 N–H and O–H groups in total. The van der Waals surface area contributed by atoms with Crippen molar-refractivity contribution in [1.29, 1.82) is 0 Å². The molecule has 0 aliphatic carbocycles. The third-order valence-electron chi connectivity index (χ3n) is 4.52. The van der Waals surface area contributed by atoms with E-state index in [-0.39, 0.29) is 11.7 Å². The summed E-state index contributed by atoms with van der Waals surface area (Å²) >= 11 is 4.80. The molecule has 0 atom stereocenters. The highest BCUT2D eigenvalue weighted by Crippen LogP contribution is 2.30. The molecule has 0 saturated carbocycles. The summed E-state index contributed by atoms with van der Waals surface area (Å²) in [5, 5.41) is 13.0. The van der Waals surface area contributed by atoms with Gasteiger partial charge in [-0.2, -0.15) is 0 Å². The molecular formula is C21H19BrN4O2S. The zero-order chi connectivity index (χ0) is 20.5. The Kier molecular flexibility index (Phi) is 5.47. The van der Waals surface area contributed by atoms with Crippen LogP contribution in [-0.4, -0.2) is 26.4 Å². The molecule has 0 aliphatic heterocycles. The molecule has 2 aromatic carbocycles. The number of carbonyl (C=O) groups excluding carboxylic acids is 1. The number of hydrogen-bond acceptors (Lipinski definition) is 5. The number of furan rings is 1. The molecule has 29 heavy (non-hydrogen) atoms. The summed E-state index contributed by atoms with van der Waals surface area (Å²) in [4.78, 5) is 12.3. The van der Waals surface area contributed by atoms with Crippen LogP contribution in [0, 0.1) is 13.8 Å². The van der Waals surface area contributed by atoms with Gasteiger partial charge in [-0.05, 0) is 49.7 Å². The molecule has 2 aromatic heterocycles. The van der Waals surface area contributed by atoms with Crippen molar-refractivity contribution in [3.05, 3.63) is 58.1 Å². The molecule has 148 valence electrons. The first kappa shape index (κ1) is 19.7. The minimum absolute atomic E-state index is 0.0832. The van der Waals surface area contributed by atoms with Crippen LogP contribution in [0.25, 0.3) is 22.6 Å². The largest absolute Gasteiger partial charge is 0.453 e. The molecule has 0 saturated heterocycles. The Morgan fingerprint density at radius 3 is 2.79 bits per heavy atom. The minimum atomic E-state index is -0.0832. The van der Waals surface area contributed by atoms with Crippen molar-refractivity contribution in [2.45, 2.75) is 19.0 Å².